The minimum absolute atomic E-state index is 0.0723. The number of ether oxygens (including phenoxy) is 1. The van der Waals surface area contributed by atoms with Crippen molar-refractivity contribution in [1.29, 1.82) is 0 Å². The van der Waals surface area contributed by atoms with Crippen molar-refractivity contribution in [1.82, 2.24) is 5.32 Å². The van der Waals surface area contributed by atoms with Gasteiger partial charge in [-0.15, -0.1) is 0 Å². The van der Waals surface area contributed by atoms with E-state index in [4.69, 9.17) is 4.74 Å². The molecule has 0 unspecified atom stereocenters. The van der Waals surface area contributed by atoms with Crippen LogP contribution in [0.1, 0.15) is 27.5 Å². The minimum Gasteiger partial charge on any atom is -0.497 e. The number of amides is 1. The summed E-state index contributed by atoms with van der Waals surface area (Å²) in [5.74, 6) is -1.46. The molecule has 0 spiro atoms. The van der Waals surface area contributed by atoms with Crippen LogP contribution in [0, 0.1) is 11.6 Å². The fourth-order valence-electron chi connectivity index (χ4n) is 2.70. The molecule has 0 aliphatic heterocycles. The number of carbonyl (C=O) groups is 1. The number of benzene rings is 3. The number of hydrogen-bond acceptors (Lipinski definition) is 2. The molecular weight excluding hydrogens is 336 g/mol. The molecule has 3 nitrogen and oxygen atoms in total. The van der Waals surface area contributed by atoms with E-state index in [1.165, 1.54) is 0 Å². The molecule has 0 saturated heterocycles. The second kappa shape index (κ2) is 7.78. The van der Waals surface area contributed by atoms with E-state index in [0.29, 0.717) is 5.75 Å². The Hall–Kier alpha value is -3.21. The molecule has 3 aromatic rings. The van der Waals surface area contributed by atoms with Gasteiger partial charge >= 0.3 is 0 Å². The molecule has 0 radical (unpaired) electrons. The first-order chi connectivity index (χ1) is 12.6. The van der Waals surface area contributed by atoms with Gasteiger partial charge in [0.2, 0.25) is 0 Å². The van der Waals surface area contributed by atoms with Gasteiger partial charge in [0.25, 0.3) is 5.91 Å². The lowest BCUT2D eigenvalue weighted by Gasteiger charge is -2.20. The smallest absolute Gasteiger partial charge is 0.252 e. The Morgan fingerprint density at radius 3 is 2.04 bits per heavy atom. The van der Waals surface area contributed by atoms with Gasteiger partial charge in [-0.3, -0.25) is 4.79 Å². The maximum absolute atomic E-state index is 13.4. The molecule has 5 heteroatoms. The van der Waals surface area contributed by atoms with Crippen molar-refractivity contribution in [3.8, 4) is 5.75 Å². The lowest BCUT2D eigenvalue weighted by Crippen LogP contribution is -2.29. The molecule has 0 aliphatic rings. The quantitative estimate of drug-likeness (QED) is 0.734. The van der Waals surface area contributed by atoms with Gasteiger partial charge in [-0.2, -0.15) is 0 Å². The van der Waals surface area contributed by atoms with Crippen molar-refractivity contribution in [2.75, 3.05) is 7.11 Å². The van der Waals surface area contributed by atoms with Crippen LogP contribution in [0.5, 0.6) is 5.75 Å². The number of nitrogens with one attached hydrogen (secondary N) is 1. The summed E-state index contributed by atoms with van der Waals surface area (Å²) >= 11 is 0. The van der Waals surface area contributed by atoms with Gasteiger partial charge in [-0.05, 0) is 35.4 Å². The van der Waals surface area contributed by atoms with Crippen molar-refractivity contribution >= 4 is 5.91 Å². The van der Waals surface area contributed by atoms with E-state index in [1.54, 1.807) is 19.2 Å². The summed E-state index contributed by atoms with van der Waals surface area (Å²) in [7, 11) is 1.57. The van der Waals surface area contributed by atoms with Gasteiger partial charge in [0.05, 0.1) is 13.2 Å². The second-order valence-corrected chi connectivity index (χ2v) is 5.75. The maximum atomic E-state index is 13.4. The van der Waals surface area contributed by atoms with Crippen molar-refractivity contribution < 1.29 is 18.3 Å². The average molecular weight is 353 g/mol. The zero-order valence-electron chi connectivity index (χ0n) is 14.1. The molecule has 1 amide bonds. The van der Waals surface area contributed by atoms with Gasteiger partial charge in [0.1, 0.15) is 17.4 Å². The summed E-state index contributed by atoms with van der Waals surface area (Å²) in [4.78, 5) is 12.6. The lowest BCUT2D eigenvalue weighted by molar-refractivity contribution is 0.0942. The van der Waals surface area contributed by atoms with Gasteiger partial charge in [0, 0.05) is 11.6 Å². The number of halogens is 2. The highest BCUT2D eigenvalue weighted by Gasteiger charge is 2.19. The van der Waals surface area contributed by atoms with Crippen LogP contribution in [0.15, 0.2) is 72.8 Å². The molecule has 0 heterocycles. The van der Waals surface area contributed by atoms with Crippen molar-refractivity contribution in [3.05, 3.63) is 101 Å². The van der Waals surface area contributed by atoms with E-state index < -0.39 is 23.6 Å². The zero-order valence-corrected chi connectivity index (χ0v) is 14.1. The molecule has 1 atom stereocenters. The van der Waals surface area contributed by atoms with Gasteiger partial charge < -0.3 is 10.1 Å². The third-order valence-corrected chi connectivity index (χ3v) is 3.98. The first-order valence-electron chi connectivity index (χ1n) is 8.02. The first-order valence-corrected chi connectivity index (χ1v) is 8.02. The van der Waals surface area contributed by atoms with Gasteiger partial charge in [0.15, 0.2) is 0 Å². The molecule has 132 valence electrons. The van der Waals surface area contributed by atoms with Crippen LogP contribution >= 0.6 is 0 Å². The summed E-state index contributed by atoms with van der Waals surface area (Å²) in [6.07, 6.45) is 0. The number of methoxy groups -OCH3 is 1. The lowest BCUT2D eigenvalue weighted by atomic mass is 9.98. The molecule has 0 saturated carbocycles. The Morgan fingerprint density at radius 2 is 1.46 bits per heavy atom. The Kier molecular flexibility index (Phi) is 5.27. The van der Waals surface area contributed by atoms with E-state index in [2.05, 4.69) is 5.32 Å². The molecule has 3 rings (SSSR count). The molecule has 0 bridgehead atoms. The van der Waals surface area contributed by atoms with Gasteiger partial charge in [-0.1, -0.05) is 42.5 Å². The van der Waals surface area contributed by atoms with E-state index in [-0.39, 0.29) is 5.56 Å². The van der Waals surface area contributed by atoms with E-state index in [1.807, 2.05) is 42.5 Å². The van der Waals surface area contributed by atoms with Crippen LogP contribution in [0.25, 0.3) is 0 Å². The average Bonchev–Trinajstić information content (AvgIpc) is 2.66. The predicted molar refractivity (Wildman–Crippen MR) is 95.1 cm³/mol. The molecule has 26 heavy (non-hydrogen) atoms. The Balaban J connectivity index is 1.94. The highest BCUT2D eigenvalue weighted by atomic mass is 19.1. The van der Waals surface area contributed by atoms with Crippen LogP contribution in [-0.2, 0) is 0 Å². The van der Waals surface area contributed by atoms with E-state index in [9.17, 15) is 13.6 Å². The Morgan fingerprint density at radius 1 is 0.885 bits per heavy atom. The number of rotatable bonds is 5. The summed E-state index contributed by atoms with van der Waals surface area (Å²) in [6.45, 7) is 0. The Bertz CT molecular complexity index is 875. The fourth-order valence-corrected chi connectivity index (χ4v) is 2.70. The van der Waals surface area contributed by atoms with Crippen LogP contribution in [0.4, 0.5) is 8.78 Å². The third kappa shape index (κ3) is 4.06. The highest BCUT2D eigenvalue weighted by Crippen LogP contribution is 2.24. The molecule has 3 aromatic carbocycles. The molecule has 0 aromatic heterocycles. The van der Waals surface area contributed by atoms with Crippen LogP contribution in [-0.4, -0.2) is 13.0 Å². The predicted octanol–water partition coefficient (Wildman–Crippen LogP) is 4.49. The van der Waals surface area contributed by atoms with Crippen LogP contribution in [0.3, 0.4) is 0 Å². The normalized spacial score (nSPS) is 11.7. The summed E-state index contributed by atoms with van der Waals surface area (Å²) < 4.78 is 32.0. The Labute approximate surface area is 150 Å². The fraction of sp³-hybridized carbons (Fsp3) is 0.0952. The minimum atomic E-state index is -0.796. The van der Waals surface area contributed by atoms with E-state index >= 15 is 0 Å². The molecule has 0 fully saturated rings. The summed E-state index contributed by atoms with van der Waals surface area (Å²) in [5.41, 5.74) is 1.60. The van der Waals surface area contributed by atoms with E-state index in [0.717, 1.165) is 29.3 Å². The third-order valence-electron chi connectivity index (χ3n) is 3.98. The largest absolute Gasteiger partial charge is 0.497 e. The first kappa shape index (κ1) is 17.6. The SMILES string of the molecule is COc1ccc([C@@H](NC(=O)c2cc(F)cc(F)c2)c2ccccc2)cc1. The molecular formula is C21H17F2NO2. The topological polar surface area (TPSA) is 38.3 Å². The number of carbonyl (C=O) groups excluding carboxylic acids is 1. The summed E-state index contributed by atoms with van der Waals surface area (Å²) in [5, 5.41) is 2.84. The maximum Gasteiger partial charge on any atom is 0.252 e. The highest BCUT2D eigenvalue weighted by molar-refractivity contribution is 5.94. The summed E-state index contributed by atoms with van der Waals surface area (Å²) in [6, 6.07) is 18.9. The van der Waals surface area contributed by atoms with Gasteiger partial charge in [-0.25, -0.2) is 8.78 Å². The molecule has 1 N–H and O–H groups in total. The van der Waals surface area contributed by atoms with Crippen molar-refractivity contribution in [2.24, 2.45) is 0 Å². The second-order valence-electron chi connectivity index (χ2n) is 5.75. The van der Waals surface area contributed by atoms with Crippen LogP contribution in [0.2, 0.25) is 0 Å². The molecule has 0 aliphatic carbocycles. The zero-order chi connectivity index (χ0) is 18.5. The number of hydrogen-bond donors (Lipinski definition) is 1. The van der Waals surface area contributed by atoms with Crippen molar-refractivity contribution in [3.63, 3.8) is 0 Å². The standard InChI is InChI=1S/C21H17F2NO2/c1-26-19-9-7-15(8-10-19)20(14-5-3-2-4-6-14)24-21(25)16-11-17(22)13-18(23)12-16/h2-13,20H,1H3,(H,24,25)/t20-/m0/s1. The van der Waals surface area contributed by atoms with Crippen LogP contribution < -0.4 is 10.1 Å². The monoisotopic (exact) mass is 353 g/mol. The van der Waals surface area contributed by atoms with Crippen molar-refractivity contribution in [2.45, 2.75) is 6.04 Å².